The first kappa shape index (κ1) is 21.8. The number of rotatable bonds is 7. The number of nitrogens with one attached hydrogen (secondary N) is 2. The van der Waals surface area contributed by atoms with Crippen molar-refractivity contribution in [2.24, 2.45) is 0 Å². The summed E-state index contributed by atoms with van der Waals surface area (Å²) in [5, 5.41) is 0. The summed E-state index contributed by atoms with van der Waals surface area (Å²) in [5.74, 6) is 0.624. The summed E-state index contributed by atoms with van der Waals surface area (Å²) in [7, 11) is 0. The van der Waals surface area contributed by atoms with Crippen LogP contribution in [0.5, 0.6) is 11.5 Å². The first-order valence-corrected chi connectivity index (χ1v) is 9.80. The van der Waals surface area contributed by atoms with Gasteiger partial charge >= 0.3 is 0 Å². The molecule has 0 spiro atoms. The van der Waals surface area contributed by atoms with Crippen molar-refractivity contribution in [3.05, 3.63) is 58.1 Å². The summed E-state index contributed by atoms with van der Waals surface area (Å²) >= 11 is 3.38. The average Bonchev–Trinajstić information content (AvgIpc) is 2.65. The summed E-state index contributed by atoms with van der Waals surface area (Å²) in [6, 6.07) is 13.1. The van der Waals surface area contributed by atoms with Crippen molar-refractivity contribution >= 4 is 27.7 Å². The van der Waals surface area contributed by atoms with E-state index in [-0.39, 0.29) is 6.61 Å². The van der Waals surface area contributed by atoms with Gasteiger partial charge in [0, 0.05) is 0 Å². The van der Waals surface area contributed by atoms with E-state index in [2.05, 4.69) is 40.6 Å². The highest BCUT2D eigenvalue weighted by atomic mass is 79.9. The first-order valence-electron chi connectivity index (χ1n) is 9.00. The van der Waals surface area contributed by atoms with Crippen molar-refractivity contribution in [2.45, 2.75) is 39.7 Å². The third-order valence-electron chi connectivity index (χ3n) is 4.00. The van der Waals surface area contributed by atoms with Crippen LogP contribution in [-0.2, 0) is 9.59 Å². The highest BCUT2D eigenvalue weighted by molar-refractivity contribution is 9.10. The zero-order valence-electron chi connectivity index (χ0n) is 16.4. The second kappa shape index (κ2) is 10.1. The van der Waals surface area contributed by atoms with Crippen LogP contribution in [0.15, 0.2) is 46.9 Å². The molecule has 0 bridgehead atoms. The van der Waals surface area contributed by atoms with Gasteiger partial charge in [0.2, 0.25) is 0 Å². The number of hydrogen-bond donors (Lipinski definition) is 2. The number of hydrogen-bond acceptors (Lipinski definition) is 4. The maximum Gasteiger partial charge on any atom is 0.279 e. The number of carbonyl (C=O) groups excluding carboxylic acids is 2. The fraction of sp³-hybridized carbons (Fsp3) is 0.333. The molecule has 2 aromatic rings. The van der Waals surface area contributed by atoms with E-state index in [1.807, 2.05) is 43.3 Å². The van der Waals surface area contributed by atoms with Gasteiger partial charge in [-0.05, 0) is 71.1 Å². The van der Waals surface area contributed by atoms with E-state index < -0.39 is 17.9 Å². The molecule has 0 saturated heterocycles. The van der Waals surface area contributed by atoms with Crippen LogP contribution in [0, 0.1) is 6.92 Å². The number of halogens is 1. The molecule has 2 rings (SSSR count). The van der Waals surface area contributed by atoms with Gasteiger partial charge in [0.15, 0.2) is 12.7 Å². The predicted octanol–water partition coefficient (Wildman–Crippen LogP) is 3.87. The van der Waals surface area contributed by atoms with Crippen molar-refractivity contribution < 1.29 is 19.1 Å². The Morgan fingerprint density at radius 3 is 2.32 bits per heavy atom. The molecule has 2 N–H and O–H groups in total. The van der Waals surface area contributed by atoms with E-state index in [0.717, 1.165) is 10.0 Å². The molecule has 0 aliphatic rings. The van der Waals surface area contributed by atoms with Gasteiger partial charge in [0.1, 0.15) is 11.5 Å². The quantitative estimate of drug-likeness (QED) is 0.630. The van der Waals surface area contributed by atoms with Crippen LogP contribution in [-0.4, -0.2) is 24.5 Å². The lowest BCUT2D eigenvalue weighted by molar-refractivity contribution is -0.133. The molecular weight excluding hydrogens is 424 g/mol. The van der Waals surface area contributed by atoms with Crippen LogP contribution >= 0.6 is 15.9 Å². The van der Waals surface area contributed by atoms with Crippen LogP contribution in [0.4, 0.5) is 0 Å². The number of aryl methyl sites for hydroxylation is 1. The minimum atomic E-state index is -0.766. The Bertz CT molecular complexity index is 822. The fourth-order valence-corrected chi connectivity index (χ4v) is 2.93. The number of hydrazine groups is 1. The van der Waals surface area contributed by atoms with Gasteiger partial charge < -0.3 is 9.47 Å². The molecule has 0 aliphatic heterocycles. The summed E-state index contributed by atoms with van der Waals surface area (Å²) in [6.07, 6.45) is -0.766. The lowest BCUT2D eigenvalue weighted by atomic mass is 10.0. The van der Waals surface area contributed by atoms with Crippen molar-refractivity contribution in [1.29, 1.82) is 0 Å². The van der Waals surface area contributed by atoms with Gasteiger partial charge in [-0.1, -0.05) is 32.0 Å². The van der Waals surface area contributed by atoms with E-state index in [0.29, 0.717) is 17.4 Å². The Labute approximate surface area is 173 Å². The van der Waals surface area contributed by atoms with Gasteiger partial charge in [0.25, 0.3) is 11.8 Å². The molecule has 2 aromatic carbocycles. The van der Waals surface area contributed by atoms with Gasteiger partial charge in [-0.25, -0.2) is 0 Å². The van der Waals surface area contributed by atoms with Crippen molar-refractivity contribution in [1.82, 2.24) is 10.9 Å². The monoisotopic (exact) mass is 448 g/mol. The maximum absolute atomic E-state index is 12.1. The number of benzene rings is 2. The zero-order valence-corrected chi connectivity index (χ0v) is 18.0. The van der Waals surface area contributed by atoms with Crippen LogP contribution in [0.3, 0.4) is 0 Å². The lowest BCUT2D eigenvalue weighted by Crippen LogP contribution is -2.48. The molecule has 0 aliphatic carbocycles. The van der Waals surface area contributed by atoms with E-state index >= 15 is 0 Å². The second-order valence-electron chi connectivity index (χ2n) is 6.74. The SMILES string of the molecule is Cc1ccc(OCC(=O)NNC(=O)C(C)Oc2ccc(C(C)C)cc2)c(Br)c1. The van der Waals surface area contributed by atoms with Crippen molar-refractivity contribution in [3.63, 3.8) is 0 Å². The van der Waals surface area contributed by atoms with Crippen molar-refractivity contribution in [2.75, 3.05) is 6.61 Å². The molecule has 28 heavy (non-hydrogen) atoms. The van der Waals surface area contributed by atoms with E-state index in [4.69, 9.17) is 9.47 Å². The second-order valence-corrected chi connectivity index (χ2v) is 7.60. The number of amides is 2. The standard InChI is InChI=1S/C21H25BrN2O4/c1-13(2)16-6-8-17(9-7-16)28-15(4)21(26)24-23-20(25)12-27-19-10-5-14(3)11-18(19)22/h5-11,13,15H,12H2,1-4H3,(H,23,25)(H,24,26). The summed E-state index contributed by atoms with van der Waals surface area (Å²) in [4.78, 5) is 24.0. The lowest BCUT2D eigenvalue weighted by Gasteiger charge is -2.16. The molecule has 1 unspecified atom stereocenters. The van der Waals surface area contributed by atoms with E-state index in [1.54, 1.807) is 13.0 Å². The van der Waals surface area contributed by atoms with Crippen LogP contribution in [0.1, 0.15) is 37.8 Å². The molecule has 150 valence electrons. The molecule has 0 fully saturated rings. The molecule has 0 heterocycles. The van der Waals surface area contributed by atoms with Crippen molar-refractivity contribution in [3.8, 4) is 11.5 Å². The largest absolute Gasteiger partial charge is 0.483 e. The van der Waals surface area contributed by atoms with E-state index in [1.165, 1.54) is 5.56 Å². The van der Waals surface area contributed by atoms with Gasteiger partial charge in [0.05, 0.1) is 4.47 Å². The Balaban J connectivity index is 1.76. The minimum absolute atomic E-state index is 0.228. The molecule has 6 nitrogen and oxygen atoms in total. The normalized spacial score (nSPS) is 11.6. The topological polar surface area (TPSA) is 76.7 Å². The van der Waals surface area contributed by atoms with Crippen LogP contribution in [0.2, 0.25) is 0 Å². The Hall–Kier alpha value is -2.54. The number of carbonyl (C=O) groups is 2. The molecule has 0 radical (unpaired) electrons. The Kier molecular flexibility index (Phi) is 7.87. The zero-order chi connectivity index (χ0) is 20.7. The molecule has 0 saturated carbocycles. The van der Waals surface area contributed by atoms with Gasteiger partial charge in [-0.2, -0.15) is 0 Å². The number of ether oxygens (including phenoxy) is 2. The van der Waals surface area contributed by atoms with E-state index in [9.17, 15) is 9.59 Å². The third-order valence-corrected chi connectivity index (χ3v) is 4.62. The molecule has 7 heteroatoms. The molecule has 2 amide bonds. The third kappa shape index (κ3) is 6.56. The Morgan fingerprint density at radius 1 is 1.04 bits per heavy atom. The first-order chi connectivity index (χ1) is 13.3. The maximum atomic E-state index is 12.1. The van der Waals surface area contributed by atoms with Gasteiger partial charge in [-0.3, -0.25) is 20.4 Å². The van der Waals surface area contributed by atoms with Gasteiger partial charge in [-0.15, -0.1) is 0 Å². The van der Waals surface area contributed by atoms with Crippen LogP contribution < -0.4 is 20.3 Å². The smallest absolute Gasteiger partial charge is 0.279 e. The fourth-order valence-electron chi connectivity index (χ4n) is 2.32. The molecule has 0 aromatic heterocycles. The minimum Gasteiger partial charge on any atom is -0.483 e. The van der Waals surface area contributed by atoms with Crippen LogP contribution in [0.25, 0.3) is 0 Å². The Morgan fingerprint density at radius 2 is 1.71 bits per heavy atom. The summed E-state index contributed by atoms with van der Waals surface area (Å²) < 4.78 is 11.8. The molecule has 1 atom stereocenters. The highest BCUT2D eigenvalue weighted by Crippen LogP contribution is 2.25. The predicted molar refractivity (Wildman–Crippen MR) is 111 cm³/mol. The summed E-state index contributed by atoms with van der Waals surface area (Å²) in [6.45, 7) is 7.55. The molecular formula is C21H25BrN2O4. The average molecular weight is 449 g/mol. The summed E-state index contributed by atoms with van der Waals surface area (Å²) in [5.41, 5.74) is 6.92. The highest BCUT2D eigenvalue weighted by Gasteiger charge is 2.16.